The second kappa shape index (κ2) is 8.73. The van der Waals surface area contributed by atoms with E-state index in [9.17, 15) is 9.90 Å². The minimum absolute atomic E-state index is 0.0559. The van der Waals surface area contributed by atoms with Gasteiger partial charge in [-0.1, -0.05) is 30.9 Å². The number of anilines is 1. The number of allylic oxidation sites excluding steroid dienone is 1. The molecule has 5 atom stereocenters. The fourth-order valence-corrected chi connectivity index (χ4v) is 7.62. The molecule has 1 aromatic carbocycles. The van der Waals surface area contributed by atoms with E-state index < -0.39 is 11.0 Å². The van der Waals surface area contributed by atoms with Gasteiger partial charge in [-0.25, -0.2) is 0 Å². The Labute approximate surface area is 217 Å². The predicted molar refractivity (Wildman–Crippen MR) is 144 cm³/mol. The second-order valence-corrected chi connectivity index (χ2v) is 12.0. The fourth-order valence-electron chi connectivity index (χ4n) is 7.04. The van der Waals surface area contributed by atoms with Crippen molar-refractivity contribution < 1.29 is 14.6 Å². The summed E-state index contributed by atoms with van der Waals surface area (Å²) in [6.07, 6.45) is 5.46. The van der Waals surface area contributed by atoms with E-state index in [0.717, 1.165) is 36.1 Å². The monoisotopic (exact) mass is 499 g/mol. The Kier molecular flexibility index (Phi) is 5.75. The van der Waals surface area contributed by atoms with E-state index in [1.807, 2.05) is 16.8 Å². The van der Waals surface area contributed by atoms with Crippen molar-refractivity contribution in [2.24, 2.45) is 11.3 Å². The number of carbonyl (C=O) groups excluding carboxylic acids is 1. The molecule has 186 valence electrons. The molecule has 0 spiro atoms. The van der Waals surface area contributed by atoms with Crippen LogP contribution in [0.2, 0.25) is 0 Å². The number of ether oxygens (including phenoxy) is 1. The van der Waals surface area contributed by atoms with Crippen LogP contribution in [0.25, 0.3) is 0 Å². The number of ketones is 1. The molecular weight excluding hydrogens is 466 g/mol. The van der Waals surface area contributed by atoms with Crippen LogP contribution in [0.15, 0.2) is 63.9 Å². The van der Waals surface area contributed by atoms with Crippen molar-refractivity contribution in [1.29, 1.82) is 0 Å². The van der Waals surface area contributed by atoms with Crippen molar-refractivity contribution in [1.82, 2.24) is 0 Å². The second-order valence-electron chi connectivity index (χ2n) is 11.2. The topological polar surface area (TPSA) is 49.8 Å². The smallest absolute Gasteiger partial charge is 0.156 e. The Hall–Kier alpha value is -2.65. The zero-order valence-corrected chi connectivity index (χ0v) is 22.0. The van der Waals surface area contributed by atoms with E-state index >= 15 is 0 Å². The van der Waals surface area contributed by atoms with Crippen LogP contribution in [-0.2, 0) is 9.53 Å². The van der Waals surface area contributed by atoms with E-state index in [1.165, 1.54) is 16.7 Å². The Morgan fingerprint density at radius 1 is 1.17 bits per heavy atom. The number of nitrogens with zero attached hydrogens (tertiary/aromatic N) is 1. The molecule has 2 aromatic rings. The van der Waals surface area contributed by atoms with E-state index in [1.54, 1.807) is 17.4 Å². The normalized spacial score (nSPS) is 33.2. The molecule has 6 rings (SSSR count). The first-order valence-electron chi connectivity index (χ1n) is 12.9. The number of hydrogen-bond donors (Lipinski definition) is 1. The van der Waals surface area contributed by atoms with Gasteiger partial charge < -0.3 is 14.7 Å². The first-order valence-corrected chi connectivity index (χ1v) is 13.9. The van der Waals surface area contributed by atoms with Crippen LogP contribution < -0.4 is 4.90 Å². The van der Waals surface area contributed by atoms with E-state index in [0.29, 0.717) is 19.4 Å². The molecule has 4 nitrogen and oxygen atoms in total. The molecule has 5 heteroatoms. The molecule has 36 heavy (non-hydrogen) atoms. The lowest BCUT2D eigenvalue weighted by molar-refractivity contribution is -0.115. The molecule has 2 fully saturated rings. The number of thiophene rings is 1. The Morgan fingerprint density at radius 2 is 1.97 bits per heavy atom. The number of carbonyl (C=O) groups is 1. The largest absolute Gasteiger partial charge is 0.378 e. The molecule has 0 bridgehead atoms. The zero-order valence-electron chi connectivity index (χ0n) is 21.2. The first kappa shape index (κ1) is 23.7. The number of hydrogen-bond acceptors (Lipinski definition) is 5. The molecule has 4 aliphatic rings. The first-order chi connectivity index (χ1) is 17.3. The maximum Gasteiger partial charge on any atom is 0.156 e. The van der Waals surface area contributed by atoms with Crippen LogP contribution in [0, 0.1) is 23.2 Å². The molecule has 1 N–H and O–H groups in total. The van der Waals surface area contributed by atoms with Crippen molar-refractivity contribution in [3.63, 3.8) is 0 Å². The van der Waals surface area contributed by atoms with Gasteiger partial charge in [-0.05, 0) is 83.5 Å². The highest BCUT2D eigenvalue weighted by atomic mass is 32.1. The lowest BCUT2D eigenvalue weighted by Gasteiger charge is -2.53. The van der Waals surface area contributed by atoms with Crippen LogP contribution in [0.1, 0.15) is 56.1 Å². The Morgan fingerprint density at radius 3 is 2.69 bits per heavy atom. The van der Waals surface area contributed by atoms with Crippen molar-refractivity contribution in [2.75, 3.05) is 25.6 Å². The summed E-state index contributed by atoms with van der Waals surface area (Å²) in [5.41, 5.74) is 5.63. The van der Waals surface area contributed by atoms with Crippen LogP contribution in [0.3, 0.4) is 0 Å². The number of aliphatic hydroxyl groups is 1. The average Bonchev–Trinajstić information content (AvgIpc) is 3.48. The van der Waals surface area contributed by atoms with Gasteiger partial charge >= 0.3 is 0 Å². The predicted octanol–water partition coefficient (Wildman–Crippen LogP) is 5.49. The van der Waals surface area contributed by atoms with Gasteiger partial charge in [-0.2, -0.15) is 11.3 Å². The van der Waals surface area contributed by atoms with Gasteiger partial charge in [0.15, 0.2) is 5.78 Å². The highest BCUT2D eigenvalue weighted by molar-refractivity contribution is 7.08. The van der Waals surface area contributed by atoms with Gasteiger partial charge in [0.1, 0.15) is 5.60 Å². The SMILES string of the molecule is CN(C)c1ccc([C@H]2C[C@@]3(C)C(CC[C@@]3(O)C#Cc3ccsc3)C3OCC4=CC(=O)CCC4=C32)cc1. The molecule has 0 radical (unpaired) electrons. The standard InChI is InChI=1S/C31H33NO3S/c1-30-17-26(21-4-6-23(7-5-21)32(2)3)28-25-9-8-24(33)16-22(25)18-35-29(28)27(30)11-14-31(30,34)13-10-20-12-15-36-19-20/h4-7,12,15-16,19,26-27,29,34H,8-9,11,14,17-18H2,1-3H3/t26-,27?,29?,30+,31+/m1/s1. The third-order valence-corrected chi connectivity index (χ3v) is 9.80. The molecule has 1 aliphatic heterocycles. The summed E-state index contributed by atoms with van der Waals surface area (Å²) >= 11 is 1.63. The number of benzene rings is 1. The van der Waals surface area contributed by atoms with E-state index in [2.05, 4.69) is 62.0 Å². The van der Waals surface area contributed by atoms with Crippen LogP contribution in [0.5, 0.6) is 0 Å². The summed E-state index contributed by atoms with van der Waals surface area (Å²) in [7, 11) is 4.11. The van der Waals surface area contributed by atoms with Crippen molar-refractivity contribution in [3.8, 4) is 11.8 Å². The van der Waals surface area contributed by atoms with Crippen molar-refractivity contribution in [3.05, 3.63) is 75.0 Å². The number of fused-ring (bicyclic) bond motifs is 4. The van der Waals surface area contributed by atoms with E-state index in [-0.39, 0.29) is 23.7 Å². The molecule has 1 aromatic heterocycles. The van der Waals surface area contributed by atoms with Crippen LogP contribution in [0.4, 0.5) is 5.69 Å². The zero-order chi connectivity index (χ0) is 25.1. The molecule has 3 aliphatic carbocycles. The molecule has 0 amide bonds. The van der Waals surface area contributed by atoms with Gasteiger partial charge in [0.2, 0.25) is 0 Å². The van der Waals surface area contributed by atoms with Crippen molar-refractivity contribution in [2.45, 2.75) is 56.7 Å². The van der Waals surface area contributed by atoms with Crippen LogP contribution >= 0.6 is 11.3 Å². The number of rotatable bonds is 2. The lowest BCUT2D eigenvalue weighted by Crippen LogP contribution is -2.53. The molecule has 2 unspecified atom stereocenters. The van der Waals surface area contributed by atoms with Gasteiger partial charge in [0.05, 0.1) is 12.7 Å². The van der Waals surface area contributed by atoms with Gasteiger partial charge in [-0.15, -0.1) is 0 Å². The summed E-state index contributed by atoms with van der Waals surface area (Å²) in [5.74, 6) is 7.11. The summed E-state index contributed by atoms with van der Waals surface area (Å²) in [5, 5.41) is 16.1. The Bertz CT molecular complexity index is 1310. The lowest BCUT2D eigenvalue weighted by atomic mass is 9.55. The minimum atomic E-state index is -1.07. The summed E-state index contributed by atoms with van der Waals surface area (Å²) in [4.78, 5) is 14.3. The third-order valence-electron chi connectivity index (χ3n) is 9.11. The van der Waals surface area contributed by atoms with Crippen LogP contribution in [-0.4, -0.2) is 43.3 Å². The molecule has 2 saturated carbocycles. The highest BCUT2D eigenvalue weighted by Crippen LogP contribution is 2.64. The summed E-state index contributed by atoms with van der Waals surface area (Å²) < 4.78 is 6.59. The summed E-state index contributed by atoms with van der Waals surface area (Å²) in [6.45, 7) is 2.71. The molecule has 0 saturated heterocycles. The highest BCUT2D eigenvalue weighted by Gasteiger charge is 2.63. The van der Waals surface area contributed by atoms with Crippen molar-refractivity contribution >= 4 is 22.8 Å². The minimum Gasteiger partial charge on any atom is -0.378 e. The van der Waals surface area contributed by atoms with E-state index in [4.69, 9.17) is 4.74 Å². The Balaban J connectivity index is 1.47. The summed E-state index contributed by atoms with van der Waals surface area (Å²) in [6, 6.07) is 10.8. The maximum atomic E-state index is 12.2. The van der Waals surface area contributed by atoms with Gasteiger partial charge in [0.25, 0.3) is 0 Å². The van der Waals surface area contributed by atoms with Gasteiger partial charge in [-0.3, -0.25) is 4.79 Å². The fraction of sp³-hybridized carbons (Fsp3) is 0.452. The quantitative estimate of drug-likeness (QED) is 0.556. The molecular formula is C31H33NO3S. The molecule has 2 heterocycles. The average molecular weight is 500 g/mol. The third kappa shape index (κ3) is 3.70. The van der Waals surface area contributed by atoms with Gasteiger partial charge in [0, 0.05) is 48.5 Å². The maximum absolute atomic E-state index is 12.2.